The highest BCUT2D eigenvalue weighted by Crippen LogP contribution is 2.34. The lowest BCUT2D eigenvalue weighted by Gasteiger charge is -2.35. The Morgan fingerprint density at radius 1 is 1.00 bits per heavy atom. The zero-order valence-electron chi connectivity index (χ0n) is 17.8. The Hall–Kier alpha value is -3.13. The van der Waals surface area contributed by atoms with Gasteiger partial charge in [0.2, 0.25) is 0 Å². The Balaban J connectivity index is 1.37. The van der Waals surface area contributed by atoms with Crippen molar-refractivity contribution >= 4 is 22.0 Å². The van der Waals surface area contributed by atoms with Crippen LogP contribution in [0.2, 0.25) is 0 Å². The zero-order valence-corrected chi connectivity index (χ0v) is 19.4. The molecule has 0 spiro atoms. The molecule has 4 rings (SSSR count). The van der Waals surface area contributed by atoms with Gasteiger partial charge in [-0.15, -0.1) is 0 Å². The molecular weight excluding hydrogens is 474 g/mol. The van der Waals surface area contributed by atoms with Crippen LogP contribution in [0.15, 0.2) is 65.4 Å². The summed E-state index contributed by atoms with van der Waals surface area (Å²) in [6.07, 6.45) is 3.74. The summed E-state index contributed by atoms with van der Waals surface area (Å²) in [6, 6.07) is 16.3. The number of benzene rings is 2. The molecule has 0 radical (unpaired) electrons. The zero-order chi connectivity index (χ0) is 22.7. The third-order valence-electron chi connectivity index (χ3n) is 5.68. The van der Waals surface area contributed by atoms with Crippen molar-refractivity contribution in [2.45, 2.75) is 44.2 Å². The van der Waals surface area contributed by atoms with E-state index in [9.17, 15) is 4.79 Å². The molecule has 0 unspecified atom stereocenters. The van der Waals surface area contributed by atoms with Crippen LogP contribution < -0.4 is 14.8 Å². The maximum atomic E-state index is 10.7. The fraction of sp³-hybridized carbons (Fsp3) is 0.292. The lowest BCUT2D eigenvalue weighted by Crippen LogP contribution is -2.48. The van der Waals surface area contributed by atoms with Crippen LogP contribution in [0.1, 0.15) is 37.8 Å². The second-order valence-electron chi connectivity index (χ2n) is 8.32. The summed E-state index contributed by atoms with van der Waals surface area (Å²) in [5.41, 5.74) is 2.10. The molecule has 1 saturated carbocycles. The van der Waals surface area contributed by atoms with Gasteiger partial charge in [-0.3, -0.25) is 0 Å². The summed E-state index contributed by atoms with van der Waals surface area (Å²) in [7, 11) is 0. The summed E-state index contributed by atoms with van der Waals surface area (Å²) in [5.74, 6) is 1.47. The molecule has 8 heteroatoms. The Morgan fingerprint density at radius 3 is 2.06 bits per heavy atom. The Bertz CT molecular complexity index is 1060. The van der Waals surface area contributed by atoms with Crippen LogP contribution in [0.5, 0.6) is 17.5 Å². The predicted molar refractivity (Wildman–Crippen MR) is 123 cm³/mol. The fourth-order valence-corrected chi connectivity index (χ4v) is 3.87. The van der Waals surface area contributed by atoms with Crippen LogP contribution in [-0.4, -0.2) is 33.3 Å². The topological polar surface area (TPSA) is 93.6 Å². The number of hydrogen-bond donors (Lipinski definition) is 2. The minimum absolute atomic E-state index is 0.0158. The van der Waals surface area contributed by atoms with Crippen molar-refractivity contribution in [1.82, 2.24) is 15.3 Å². The average Bonchev–Trinajstić information content (AvgIpc) is 2.74. The van der Waals surface area contributed by atoms with Crippen LogP contribution in [0.25, 0.3) is 0 Å². The molecule has 7 nitrogen and oxygen atoms in total. The number of hydrogen-bond acceptors (Lipinski definition) is 5. The molecule has 2 N–H and O–H groups in total. The molecule has 2 aromatic carbocycles. The molecule has 1 amide bonds. The number of amides is 1. The van der Waals surface area contributed by atoms with Crippen LogP contribution in [0, 0.1) is 0 Å². The van der Waals surface area contributed by atoms with E-state index in [2.05, 4.69) is 57.2 Å². The van der Waals surface area contributed by atoms with Crippen molar-refractivity contribution in [2.24, 2.45) is 0 Å². The standard InChI is InChI=1S/C24H24BrN3O4/c1-24(2,16-5-9-20(10-6-16)32-22-26-13-17(25)14-27-22)15-3-7-19(8-4-15)31-21-11-18(12-21)28-23(29)30/h3-10,13-14,18,21,28H,11-12H2,1-2H3,(H,29,30). The van der Waals surface area contributed by atoms with Crippen molar-refractivity contribution in [1.29, 1.82) is 0 Å². The number of rotatable bonds is 7. The molecule has 0 aliphatic heterocycles. The van der Waals surface area contributed by atoms with Gasteiger partial charge in [-0.25, -0.2) is 14.8 Å². The van der Waals surface area contributed by atoms with Gasteiger partial charge in [0.25, 0.3) is 0 Å². The molecular formula is C24H24BrN3O4. The summed E-state index contributed by atoms with van der Waals surface area (Å²) in [4.78, 5) is 18.9. The van der Waals surface area contributed by atoms with Gasteiger partial charge in [0.15, 0.2) is 0 Å². The van der Waals surface area contributed by atoms with Crippen LogP contribution in [0.4, 0.5) is 4.79 Å². The first kappa shape index (κ1) is 22.1. The van der Waals surface area contributed by atoms with Gasteiger partial charge in [0.1, 0.15) is 17.6 Å². The van der Waals surface area contributed by atoms with Gasteiger partial charge in [0, 0.05) is 36.7 Å². The lowest BCUT2D eigenvalue weighted by atomic mass is 9.78. The fourth-order valence-electron chi connectivity index (χ4n) is 3.66. The average molecular weight is 498 g/mol. The summed E-state index contributed by atoms with van der Waals surface area (Å²) in [5, 5.41) is 11.2. The van der Waals surface area contributed by atoms with E-state index in [1.807, 2.05) is 36.4 Å². The van der Waals surface area contributed by atoms with Crippen molar-refractivity contribution in [2.75, 3.05) is 0 Å². The highest BCUT2D eigenvalue weighted by atomic mass is 79.9. The highest BCUT2D eigenvalue weighted by Gasteiger charge is 2.32. The minimum atomic E-state index is -0.985. The first-order valence-corrected chi connectivity index (χ1v) is 11.1. The van der Waals surface area contributed by atoms with Crippen molar-refractivity contribution in [3.8, 4) is 17.5 Å². The summed E-state index contributed by atoms with van der Waals surface area (Å²) >= 11 is 3.31. The van der Waals surface area contributed by atoms with Gasteiger partial charge in [-0.05, 0) is 51.3 Å². The summed E-state index contributed by atoms with van der Waals surface area (Å²) in [6.45, 7) is 4.34. The largest absolute Gasteiger partial charge is 0.490 e. The monoisotopic (exact) mass is 497 g/mol. The van der Waals surface area contributed by atoms with Crippen molar-refractivity contribution in [3.63, 3.8) is 0 Å². The number of carbonyl (C=O) groups is 1. The summed E-state index contributed by atoms with van der Waals surface area (Å²) < 4.78 is 12.5. The third kappa shape index (κ3) is 5.19. The number of aromatic nitrogens is 2. The molecule has 1 heterocycles. The van der Waals surface area contributed by atoms with E-state index in [0.29, 0.717) is 24.6 Å². The molecule has 0 bridgehead atoms. The van der Waals surface area contributed by atoms with Gasteiger partial charge >= 0.3 is 12.1 Å². The molecule has 0 saturated heterocycles. The first-order valence-electron chi connectivity index (χ1n) is 10.3. The molecule has 0 atom stereocenters. The van der Waals surface area contributed by atoms with E-state index in [-0.39, 0.29) is 17.6 Å². The van der Waals surface area contributed by atoms with Gasteiger partial charge in [-0.2, -0.15) is 0 Å². The molecule has 1 aliphatic carbocycles. The van der Waals surface area contributed by atoms with E-state index in [0.717, 1.165) is 21.3 Å². The molecule has 166 valence electrons. The quantitative estimate of drug-likeness (QED) is 0.445. The van der Waals surface area contributed by atoms with E-state index in [1.165, 1.54) is 0 Å². The molecule has 1 aromatic heterocycles. The minimum Gasteiger partial charge on any atom is -0.490 e. The second kappa shape index (κ2) is 9.16. The van der Waals surface area contributed by atoms with Crippen LogP contribution in [0.3, 0.4) is 0 Å². The number of nitrogens with one attached hydrogen (secondary N) is 1. The number of nitrogens with zero attached hydrogens (tertiary/aromatic N) is 2. The Kier molecular flexibility index (Phi) is 6.32. The second-order valence-corrected chi connectivity index (χ2v) is 9.23. The van der Waals surface area contributed by atoms with E-state index >= 15 is 0 Å². The molecule has 32 heavy (non-hydrogen) atoms. The van der Waals surface area contributed by atoms with Gasteiger partial charge in [0.05, 0.1) is 4.47 Å². The molecule has 1 aliphatic rings. The number of halogens is 1. The molecule has 3 aromatic rings. The van der Waals surface area contributed by atoms with E-state index in [4.69, 9.17) is 14.6 Å². The van der Waals surface area contributed by atoms with Crippen molar-refractivity contribution in [3.05, 3.63) is 76.5 Å². The van der Waals surface area contributed by atoms with Gasteiger partial charge < -0.3 is 19.9 Å². The van der Waals surface area contributed by atoms with Gasteiger partial charge in [-0.1, -0.05) is 38.1 Å². The Morgan fingerprint density at radius 2 is 1.53 bits per heavy atom. The van der Waals surface area contributed by atoms with Crippen LogP contribution >= 0.6 is 15.9 Å². The lowest BCUT2D eigenvalue weighted by molar-refractivity contribution is 0.0833. The van der Waals surface area contributed by atoms with E-state index in [1.54, 1.807) is 12.4 Å². The number of carboxylic acid groups (broad SMARTS) is 1. The third-order valence-corrected chi connectivity index (χ3v) is 6.09. The van der Waals surface area contributed by atoms with Crippen molar-refractivity contribution < 1.29 is 19.4 Å². The normalized spacial score (nSPS) is 17.8. The Labute approximate surface area is 194 Å². The molecule has 1 fully saturated rings. The highest BCUT2D eigenvalue weighted by molar-refractivity contribution is 9.10. The smallest absolute Gasteiger partial charge is 0.404 e. The SMILES string of the molecule is CC(C)(c1ccc(Oc2ncc(Br)cn2)cc1)c1ccc(OC2CC(NC(=O)O)C2)cc1. The maximum Gasteiger partial charge on any atom is 0.404 e. The first-order chi connectivity index (χ1) is 15.3. The number of ether oxygens (including phenoxy) is 2. The van der Waals surface area contributed by atoms with E-state index < -0.39 is 6.09 Å². The predicted octanol–water partition coefficient (Wildman–Crippen LogP) is 5.53. The maximum absolute atomic E-state index is 10.7. The van der Waals surface area contributed by atoms with Crippen LogP contribution in [-0.2, 0) is 5.41 Å².